The van der Waals surface area contributed by atoms with E-state index >= 15 is 0 Å². The quantitative estimate of drug-likeness (QED) is 0.464. The molecule has 1 saturated heterocycles. The first kappa shape index (κ1) is 30.8. The van der Waals surface area contributed by atoms with E-state index in [1.54, 1.807) is 50.3 Å². The number of ether oxygens (including phenoxy) is 1. The number of hydrogen-bond donors (Lipinski definition) is 3. The molecule has 3 aliphatic heterocycles. The molecule has 2 aromatic rings. The van der Waals surface area contributed by atoms with Crippen molar-refractivity contribution in [3.8, 4) is 5.75 Å². The second-order valence-electron chi connectivity index (χ2n) is 11.5. The standard InChI is InChI=1S/C32H41N5O5/c1-20(2)27(35-29(38)21(3)36(4)5)32(41)37-18-16-26-28(37)31(40)34-25(19-23-9-7-6-8-10-23)30(39)33-17-15-22-11-13-24(42-26)14-12-22/h6-15,17,20-21,25-28H,16,18-19H2,1-5H3,(H,33,39)(H,34,40)(H,35,38)/b17-15-. The number of rotatable bonds is 7. The second kappa shape index (κ2) is 13.7. The number of nitrogens with one attached hydrogen (secondary N) is 3. The van der Waals surface area contributed by atoms with Gasteiger partial charge in [0.25, 0.3) is 0 Å². The number of benzene rings is 2. The number of fused-ring (bicyclic) bond motifs is 7. The summed E-state index contributed by atoms with van der Waals surface area (Å²) in [6, 6.07) is 13.5. The third kappa shape index (κ3) is 7.36. The Morgan fingerprint density at radius 2 is 1.71 bits per heavy atom. The van der Waals surface area contributed by atoms with Gasteiger partial charge in [-0.1, -0.05) is 56.3 Å². The largest absolute Gasteiger partial charge is 0.488 e. The van der Waals surface area contributed by atoms with Crippen LogP contribution in [0.2, 0.25) is 0 Å². The van der Waals surface area contributed by atoms with Gasteiger partial charge < -0.3 is 25.6 Å². The van der Waals surface area contributed by atoms with Crippen molar-refractivity contribution >= 4 is 29.7 Å². The van der Waals surface area contributed by atoms with Crippen LogP contribution in [0.15, 0.2) is 60.8 Å². The second-order valence-corrected chi connectivity index (χ2v) is 11.5. The van der Waals surface area contributed by atoms with E-state index in [-0.39, 0.29) is 36.6 Å². The minimum atomic E-state index is -1.01. The van der Waals surface area contributed by atoms with Crippen molar-refractivity contribution in [1.29, 1.82) is 0 Å². The molecule has 2 aromatic carbocycles. The van der Waals surface area contributed by atoms with Crippen LogP contribution in [0.25, 0.3) is 6.08 Å². The average Bonchev–Trinajstić information content (AvgIpc) is 3.39. The molecule has 0 aliphatic carbocycles. The number of hydrogen-bond acceptors (Lipinski definition) is 6. The maximum Gasteiger partial charge on any atom is 0.247 e. The zero-order valence-corrected chi connectivity index (χ0v) is 24.9. The smallest absolute Gasteiger partial charge is 0.247 e. The maximum atomic E-state index is 14.0. The van der Waals surface area contributed by atoms with Crippen LogP contribution in [0.1, 0.15) is 38.3 Å². The van der Waals surface area contributed by atoms with Gasteiger partial charge in [0.15, 0.2) is 0 Å². The lowest BCUT2D eigenvalue weighted by molar-refractivity contribution is -0.144. The van der Waals surface area contributed by atoms with Crippen molar-refractivity contribution in [3.05, 3.63) is 71.9 Å². The van der Waals surface area contributed by atoms with Gasteiger partial charge in [-0.25, -0.2) is 0 Å². The first-order chi connectivity index (χ1) is 20.0. The first-order valence-electron chi connectivity index (χ1n) is 14.4. The number of likely N-dealkylation sites (tertiary alicyclic amines) is 1. The minimum Gasteiger partial charge on any atom is -0.488 e. The Kier molecular flexibility index (Phi) is 10.0. The van der Waals surface area contributed by atoms with Crippen LogP contribution in [-0.2, 0) is 25.6 Å². The zero-order valence-electron chi connectivity index (χ0n) is 24.9. The van der Waals surface area contributed by atoms with Crippen LogP contribution in [0.3, 0.4) is 0 Å². The highest BCUT2D eigenvalue weighted by molar-refractivity contribution is 5.96. The number of carbonyl (C=O) groups excluding carboxylic acids is 4. The Morgan fingerprint density at radius 1 is 1.02 bits per heavy atom. The van der Waals surface area contributed by atoms with E-state index in [0.29, 0.717) is 12.2 Å². The summed E-state index contributed by atoms with van der Waals surface area (Å²) in [5, 5.41) is 8.59. The molecule has 5 atom stereocenters. The molecule has 5 rings (SSSR count). The molecule has 3 heterocycles. The summed E-state index contributed by atoms with van der Waals surface area (Å²) in [6.07, 6.45) is 3.34. The summed E-state index contributed by atoms with van der Waals surface area (Å²) in [4.78, 5) is 57.5. The zero-order chi connectivity index (χ0) is 30.4. The van der Waals surface area contributed by atoms with Crippen molar-refractivity contribution < 1.29 is 23.9 Å². The van der Waals surface area contributed by atoms with E-state index in [1.165, 1.54) is 4.90 Å². The molecule has 0 spiro atoms. The van der Waals surface area contributed by atoms with Crippen LogP contribution >= 0.6 is 0 Å². The van der Waals surface area contributed by atoms with Crippen molar-refractivity contribution in [2.45, 2.75) is 63.9 Å². The Morgan fingerprint density at radius 3 is 2.36 bits per heavy atom. The SMILES string of the molecule is CC(C)C(NC(=O)C(C)N(C)C)C(=O)N1CCC2Oc3ccc(cc3)/C=C\NC(=O)C(Cc3ccccc3)NC(=O)C21. The third-order valence-corrected chi connectivity index (χ3v) is 7.86. The summed E-state index contributed by atoms with van der Waals surface area (Å²) in [5.41, 5.74) is 1.74. The van der Waals surface area contributed by atoms with E-state index in [9.17, 15) is 19.2 Å². The van der Waals surface area contributed by atoms with E-state index in [2.05, 4.69) is 16.0 Å². The van der Waals surface area contributed by atoms with Gasteiger partial charge in [-0.05, 0) is 56.3 Å². The maximum absolute atomic E-state index is 14.0. The summed E-state index contributed by atoms with van der Waals surface area (Å²) in [7, 11) is 3.59. The lowest BCUT2D eigenvalue weighted by Crippen LogP contribution is -2.60. The van der Waals surface area contributed by atoms with E-state index in [1.807, 2.05) is 56.3 Å². The molecule has 0 saturated carbocycles. The summed E-state index contributed by atoms with van der Waals surface area (Å²) >= 11 is 0. The number of likely N-dealkylation sites (N-methyl/N-ethyl adjacent to an activating group) is 1. The summed E-state index contributed by atoms with van der Waals surface area (Å²) < 4.78 is 6.28. The molecule has 10 nitrogen and oxygen atoms in total. The lowest BCUT2D eigenvalue weighted by atomic mass is 10.0. The number of amides is 4. The van der Waals surface area contributed by atoms with Gasteiger partial charge in [-0.3, -0.25) is 24.1 Å². The van der Waals surface area contributed by atoms with Gasteiger partial charge in [0.05, 0.1) is 6.04 Å². The first-order valence-corrected chi connectivity index (χ1v) is 14.4. The Balaban J connectivity index is 1.66. The highest BCUT2D eigenvalue weighted by atomic mass is 16.5. The molecule has 2 bridgehead atoms. The predicted molar refractivity (Wildman–Crippen MR) is 160 cm³/mol. The van der Waals surface area contributed by atoms with E-state index < -0.39 is 36.2 Å². The summed E-state index contributed by atoms with van der Waals surface area (Å²) in [5.74, 6) is -1.17. The van der Waals surface area contributed by atoms with Crippen LogP contribution < -0.4 is 20.7 Å². The fourth-order valence-corrected chi connectivity index (χ4v) is 5.11. The van der Waals surface area contributed by atoms with Crippen LogP contribution in [0.5, 0.6) is 5.75 Å². The molecule has 3 N–H and O–H groups in total. The van der Waals surface area contributed by atoms with Gasteiger partial charge in [0.1, 0.15) is 30.0 Å². The molecular weight excluding hydrogens is 534 g/mol. The molecule has 42 heavy (non-hydrogen) atoms. The summed E-state index contributed by atoms with van der Waals surface area (Å²) in [6.45, 7) is 5.74. The number of carbonyl (C=O) groups is 4. The topological polar surface area (TPSA) is 120 Å². The normalized spacial score (nSPS) is 22.8. The van der Waals surface area contributed by atoms with Crippen LogP contribution in [0.4, 0.5) is 0 Å². The molecule has 3 aliphatic rings. The van der Waals surface area contributed by atoms with Gasteiger partial charge in [0.2, 0.25) is 23.6 Å². The fraction of sp³-hybridized carbons (Fsp3) is 0.438. The van der Waals surface area contributed by atoms with Crippen molar-refractivity contribution in [2.75, 3.05) is 20.6 Å². The monoisotopic (exact) mass is 575 g/mol. The van der Waals surface area contributed by atoms with Gasteiger partial charge in [-0.15, -0.1) is 0 Å². The van der Waals surface area contributed by atoms with Crippen molar-refractivity contribution in [3.63, 3.8) is 0 Å². The minimum absolute atomic E-state index is 0.228. The van der Waals surface area contributed by atoms with Crippen LogP contribution in [-0.4, -0.2) is 84.3 Å². The lowest BCUT2D eigenvalue weighted by Gasteiger charge is -2.33. The van der Waals surface area contributed by atoms with E-state index in [4.69, 9.17) is 4.74 Å². The molecule has 0 aromatic heterocycles. The third-order valence-electron chi connectivity index (χ3n) is 7.86. The molecule has 10 heteroatoms. The van der Waals surface area contributed by atoms with E-state index in [0.717, 1.165) is 11.1 Å². The molecular formula is C32H41N5O5. The Bertz CT molecular complexity index is 1290. The van der Waals surface area contributed by atoms with Crippen molar-refractivity contribution in [2.24, 2.45) is 5.92 Å². The number of nitrogens with zero attached hydrogens (tertiary/aromatic N) is 2. The molecule has 224 valence electrons. The predicted octanol–water partition coefficient (Wildman–Crippen LogP) is 1.95. The fourth-order valence-electron chi connectivity index (χ4n) is 5.11. The van der Waals surface area contributed by atoms with Gasteiger partial charge >= 0.3 is 0 Å². The van der Waals surface area contributed by atoms with Gasteiger partial charge in [-0.2, -0.15) is 0 Å². The average molecular weight is 576 g/mol. The Labute approximate surface area is 247 Å². The van der Waals surface area contributed by atoms with Crippen molar-refractivity contribution in [1.82, 2.24) is 25.8 Å². The highest BCUT2D eigenvalue weighted by Gasteiger charge is 2.46. The molecule has 4 amide bonds. The molecule has 0 radical (unpaired) electrons. The molecule has 5 unspecified atom stereocenters. The highest BCUT2D eigenvalue weighted by Crippen LogP contribution is 2.27. The van der Waals surface area contributed by atoms with Crippen LogP contribution in [0, 0.1) is 5.92 Å². The Hall–Kier alpha value is -4.18. The molecule has 1 fully saturated rings. The van der Waals surface area contributed by atoms with Gasteiger partial charge in [0, 0.05) is 25.6 Å².